The van der Waals surface area contributed by atoms with E-state index in [1.807, 2.05) is 35.0 Å². The number of hydrogen-bond donors (Lipinski definition) is 0. The molecule has 0 aromatic carbocycles. The van der Waals surface area contributed by atoms with Crippen LogP contribution in [-0.4, -0.2) is 5.78 Å². The van der Waals surface area contributed by atoms with Crippen LogP contribution in [0.4, 0.5) is 0 Å². The summed E-state index contributed by atoms with van der Waals surface area (Å²) in [7, 11) is 0. The van der Waals surface area contributed by atoms with Crippen LogP contribution in [0.25, 0.3) is 6.08 Å². The van der Waals surface area contributed by atoms with Crippen LogP contribution in [0, 0.1) is 0 Å². The number of carbonyl (C=O) groups is 1. The Morgan fingerprint density at radius 2 is 2.27 bits per heavy atom. The number of hydrogen-bond acceptors (Lipinski definition) is 3. The second-order valence-corrected chi connectivity index (χ2v) is 5.65. The van der Waals surface area contributed by atoms with Gasteiger partial charge in [0, 0.05) is 14.7 Å². The zero-order valence-electron chi connectivity index (χ0n) is 7.64. The summed E-state index contributed by atoms with van der Waals surface area (Å²) >= 11 is 6.44. The lowest BCUT2D eigenvalue weighted by Gasteiger charge is -1.86. The predicted molar refractivity (Wildman–Crippen MR) is 69.7 cm³/mol. The fraction of sp³-hybridized carbons (Fsp3) is 0. The van der Waals surface area contributed by atoms with E-state index in [4.69, 9.17) is 0 Å². The molecule has 2 heterocycles. The third-order valence-corrected chi connectivity index (χ3v) is 4.29. The van der Waals surface area contributed by atoms with Crippen LogP contribution in [0.3, 0.4) is 0 Å². The average molecular weight is 299 g/mol. The predicted octanol–water partition coefficient (Wildman–Crippen LogP) is 4.47. The van der Waals surface area contributed by atoms with Gasteiger partial charge in [-0.3, -0.25) is 4.79 Å². The van der Waals surface area contributed by atoms with E-state index >= 15 is 0 Å². The maximum absolute atomic E-state index is 11.6. The molecule has 76 valence electrons. The first-order valence-corrected chi connectivity index (χ1v) is 6.81. The van der Waals surface area contributed by atoms with Crippen molar-refractivity contribution in [2.24, 2.45) is 0 Å². The normalized spacial score (nSPS) is 11.0. The van der Waals surface area contributed by atoms with Crippen LogP contribution in [0.2, 0.25) is 0 Å². The maximum Gasteiger partial charge on any atom is 0.195 e. The maximum atomic E-state index is 11.6. The van der Waals surface area contributed by atoms with Gasteiger partial charge in [0.05, 0.1) is 4.88 Å². The van der Waals surface area contributed by atoms with Gasteiger partial charge in [-0.1, -0.05) is 6.07 Å². The first-order chi connectivity index (χ1) is 7.25. The van der Waals surface area contributed by atoms with E-state index < -0.39 is 0 Å². The molecule has 15 heavy (non-hydrogen) atoms. The highest BCUT2D eigenvalue weighted by Gasteiger charge is 2.01. The molecule has 0 bridgehead atoms. The third kappa shape index (κ3) is 2.87. The number of rotatable bonds is 3. The smallest absolute Gasteiger partial charge is 0.195 e. The Kier molecular flexibility index (Phi) is 3.51. The monoisotopic (exact) mass is 298 g/mol. The molecule has 4 heteroatoms. The van der Waals surface area contributed by atoms with Crippen molar-refractivity contribution < 1.29 is 4.79 Å². The Morgan fingerprint density at radius 1 is 1.40 bits per heavy atom. The molecule has 0 saturated carbocycles. The highest BCUT2D eigenvalue weighted by molar-refractivity contribution is 9.10. The average Bonchev–Trinajstić information content (AvgIpc) is 2.84. The summed E-state index contributed by atoms with van der Waals surface area (Å²) in [6, 6.07) is 5.71. The van der Waals surface area contributed by atoms with Crippen molar-refractivity contribution in [2.45, 2.75) is 0 Å². The molecule has 0 amide bonds. The molecule has 0 spiro atoms. The zero-order valence-corrected chi connectivity index (χ0v) is 10.9. The van der Waals surface area contributed by atoms with Crippen LogP contribution in [0.1, 0.15) is 14.5 Å². The Morgan fingerprint density at radius 3 is 2.87 bits per heavy atom. The number of thiophene rings is 2. The van der Waals surface area contributed by atoms with E-state index in [-0.39, 0.29) is 5.78 Å². The Hall–Kier alpha value is -0.710. The molecule has 2 aromatic heterocycles. The molecule has 0 radical (unpaired) electrons. The Labute approximate surface area is 104 Å². The zero-order chi connectivity index (χ0) is 10.7. The van der Waals surface area contributed by atoms with Crippen LogP contribution < -0.4 is 0 Å². The SMILES string of the molecule is O=C(/C=C\c1cc(Br)cs1)c1cccs1. The molecule has 2 aromatic rings. The summed E-state index contributed by atoms with van der Waals surface area (Å²) in [5.74, 6) is 0.0644. The number of allylic oxidation sites excluding steroid dienone is 1. The lowest BCUT2D eigenvalue weighted by Crippen LogP contribution is -1.87. The van der Waals surface area contributed by atoms with E-state index in [0.29, 0.717) is 0 Å². The molecule has 0 unspecified atom stereocenters. The van der Waals surface area contributed by atoms with Gasteiger partial charge >= 0.3 is 0 Å². The molecule has 0 N–H and O–H groups in total. The van der Waals surface area contributed by atoms with Crippen LogP contribution in [-0.2, 0) is 0 Å². The van der Waals surface area contributed by atoms with Gasteiger partial charge < -0.3 is 0 Å². The second-order valence-electron chi connectivity index (χ2n) is 2.84. The van der Waals surface area contributed by atoms with Crippen LogP contribution in [0.15, 0.2) is 39.5 Å². The summed E-state index contributed by atoms with van der Waals surface area (Å²) < 4.78 is 1.05. The number of carbonyl (C=O) groups excluding carboxylic acids is 1. The number of ketones is 1. The summed E-state index contributed by atoms with van der Waals surface area (Å²) in [5.41, 5.74) is 0. The van der Waals surface area contributed by atoms with E-state index in [1.165, 1.54) is 11.3 Å². The molecule has 1 nitrogen and oxygen atoms in total. The molecule has 0 fully saturated rings. The van der Waals surface area contributed by atoms with Gasteiger partial charge in [0.25, 0.3) is 0 Å². The van der Waals surface area contributed by atoms with Gasteiger partial charge in [0.15, 0.2) is 5.78 Å². The molecular weight excluding hydrogens is 292 g/mol. The van der Waals surface area contributed by atoms with Gasteiger partial charge in [-0.2, -0.15) is 0 Å². The van der Waals surface area contributed by atoms with Gasteiger partial charge in [-0.05, 0) is 45.6 Å². The van der Waals surface area contributed by atoms with Gasteiger partial charge in [-0.25, -0.2) is 0 Å². The summed E-state index contributed by atoms with van der Waals surface area (Å²) in [6.45, 7) is 0. The topological polar surface area (TPSA) is 17.1 Å². The Bertz CT molecular complexity index is 482. The lowest BCUT2D eigenvalue weighted by atomic mass is 10.3. The Balaban J connectivity index is 2.09. The minimum absolute atomic E-state index is 0.0644. The molecular formula is C11H7BrOS2. The standard InChI is InChI=1S/C11H7BrOS2/c12-8-6-9(15-7-8)3-4-10(13)11-2-1-5-14-11/h1-7H/b4-3-. The summed E-state index contributed by atoms with van der Waals surface area (Å²) in [4.78, 5) is 13.5. The van der Waals surface area contributed by atoms with E-state index in [0.717, 1.165) is 14.2 Å². The van der Waals surface area contributed by atoms with Gasteiger partial charge in [0.2, 0.25) is 0 Å². The van der Waals surface area contributed by atoms with E-state index in [9.17, 15) is 4.79 Å². The van der Waals surface area contributed by atoms with Gasteiger partial charge in [0.1, 0.15) is 0 Å². The largest absolute Gasteiger partial charge is 0.288 e. The van der Waals surface area contributed by atoms with E-state index in [2.05, 4.69) is 15.9 Å². The van der Waals surface area contributed by atoms with Crippen molar-refractivity contribution in [3.8, 4) is 0 Å². The van der Waals surface area contributed by atoms with Crippen molar-refractivity contribution in [3.05, 3.63) is 49.3 Å². The summed E-state index contributed by atoms with van der Waals surface area (Å²) in [6.07, 6.45) is 3.46. The van der Waals surface area contributed by atoms with Crippen molar-refractivity contribution in [1.82, 2.24) is 0 Å². The molecule has 0 aliphatic carbocycles. The molecule has 0 aliphatic heterocycles. The van der Waals surface area contributed by atoms with Crippen molar-refractivity contribution >= 4 is 50.5 Å². The second kappa shape index (κ2) is 4.88. The quantitative estimate of drug-likeness (QED) is 0.604. The molecule has 2 rings (SSSR count). The summed E-state index contributed by atoms with van der Waals surface area (Å²) in [5, 5.41) is 3.90. The van der Waals surface area contributed by atoms with Crippen molar-refractivity contribution in [3.63, 3.8) is 0 Å². The van der Waals surface area contributed by atoms with Gasteiger partial charge in [-0.15, -0.1) is 22.7 Å². The number of halogens is 1. The first-order valence-electron chi connectivity index (χ1n) is 4.25. The first kappa shape index (κ1) is 10.8. The highest BCUT2D eigenvalue weighted by atomic mass is 79.9. The lowest BCUT2D eigenvalue weighted by molar-refractivity contribution is 0.105. The minimum atomic E-state index is 0.0644. The van der Waals surface area contributed by atoms with Crippen molar-refractivity contribution in [2.75, 3.05) is 0 Å². The molecule has 0 atom stereocenters. The van der Waals surface area contributed by atoms with Crippen LogP contribution in [0.5, 0.6) is 0 Å². The highest BCUT2D eigenvalue weighted by Crippen LogP contribution is 2.21. The molecule has 0 saturated heterocycles. The van der Waals surface area contributed by atoms with E-state index in [1.54, 1.807) is 17.4 Å². The minimum Gasteiger partial charge on any atom is -0.288 e. The van der Waals surface area contributed by atoms with Crippen molar-refractivity contribution in [1.29, 1.82) is 0 Å². The van der Waals surface area contributed by atoms with Crippen LogP contribution >= 0.6 is 38.6 Å². The third-order valence-electron chi connectivity index (χ3n) is 1.75. The molecule has 0 aliphatic rings. The fourth-order valence-electron chi connectivity index (χ4n) is 1.07. The fourth-order valence-corrected chi connectivity index (χ4v) is 3.06.